The molecule has 1 heterocycles. The summed E-state index contributed by atoms with van der Waals surface area (Å²) in [5, 5.41) is 19.0. The molecule has 0 radical (unpaired) electrons. The van der Waals surface area contributed by atoms with Gasteiger partial charge in [0.2, 0.25) is 0 Å². The lowest BCUT2D eigenvalue weighted by Crippen LogP contribution is -2.22. The first kappa shape index (κ1) is 17.3. The number of halogens is 1. The monoisotopic (exact) mass is 353 g/mol. The molecule has 0 aliphatic rings. The van der Waals surface area contributed by atoms with E-state index in [-0.39, 0.29) is 22.1 Å². The molecule has 1 aromatic heterocycles. The van der Waals surface area contributed by atoms with Crippen molar-refractivity contribution in [3.05, 3.63) is 42.3 Å². The maximum absolute atomic E-state index is 12.0. The number of thiazole rings is 1. The second kappa shape index (κ2) is 6.22. The lowest BCUT2D eigenvalue weighted by Gasteiger charge is -2.12. The SMILES string of the molecule is CC(C)(C)C(=O)/C=c1\[nH]c(=O)/c(=C\c2cc(O)c(O)c(Cl)c2)s1. The van der Waals surface area contributed by atoms with Crippen molar-refractivity contribution in [3.63, 3.8) is 0 Å². The molecule has 0 aliphatic carbocycles. The van der Waals surface area contributed by atoms with Crippen LogP contribution in [0.3, 0.4) is 0 Å². The third kappa shape index (κ3) is 4.03. The number of aromatic amines is 1. The fourth-order valence-corrected chi connectivity index (χ4v) is 2.81. The van der Waals surface area contributed by atoms with Crippen LogP contribution in [0, 0.1) is 5.41 Å². The molecular weight excluding hydrogens is 338 g/mol. The number of rotatable bonds is 2. The van der Waals surface area contributed by atoms with E-state index in [4.69, 9.17) is 11.6 Å². The summed E-state index contributed by atoms with van der Waals surface area (Å²) < 4.78 is 0.814. The Kier molecular flexibility index (Phi) is 4.68. The summed E-state index contributed by atoms with van der Waals surface area (Å²) in [6, 6.07) is 2.73. The summed E-state index contributed by atoms with van der Waals surface area (Å²) in [4.78, 5) is 26.6. The fourth-order valence-electron chi connectivity index (χ4n) is 1.70. The number of hydrogen-bond donors (Lipinski definition) is 3. The Hall–Kier alpha value is -2.05. The second-order valence-corrected chi connectivity index (χ2v) is 7.55. The largest absolute Gasteiger partial charge is 0.504 e. The Morgan fingerprint density at radius 3 is 2.52 bits per heavy atom. The number of hydrogen-bond acceptors (Lipinski definition) is 5. The van der Waals surface area contributed by atoms with Gasteiger partial charge < -0.3 is 15.2 Å². The van der Waals surface area contributed by atoms with Gasteiger partial charge in [0, 0.05) is 11.5 Å². The molecule has 1 aromatic carbocycles. The summed E-state index contributed by atoms with van der Waals surface area (Å²) in [6.07, 6.45) is 2.93. The number of carbonyl (C=O) groups excluding carboxylic acids is 1. The molecule has 2 rings (SSSR count). The summed E-state index contributed by atoms with van der Waals surface area (Å²) in [7, 11) is 0. The van der Waals surface area contributed by atoms with Crippen molar-refractivity contribution in [2.45, 2.75) is 20.8 Å². The van der Waals surface area contributed by atoms with Gasteiger partial charge in [0.15, 0.2) is 17.3 Å². The highest BCUT2D eigenvalue weighted by Gasteiger charge is 2.18. The molecule has 0 spiro atoms. The molecule has 0 unspecified atom stereocenters. The topological polar surface area (TPSA) is 90.4 Å². The molecule has 7 heteroatoms. The fraction of sp³-hybridized carbons (Fsp3) is 0.250. The standard InChI is InChI=1S/C16H16ClNO4S/c1-16(2,3)12(20)7-13-18-15(22)11(23-13)6-8-4-9(17)14(21)10(19)5-8/h4-7,19,21H,1-3H3,(H,18,22)/b11-6+,13-7+. The number of phenolic OH excluding ortho intramolecular Hbond substituents is 2. The van der Waals surface area contributed by atoms with Gasteiger partial charge in [-0.05, 0) is 23.8 Å². The van der Waals surface area contributed by atoms with Gasteiger partial charge in [0.1, 0.15) is 0 Å². The second-order valence-electron chi connectivity index (χ2n) is 6.06. The van der Waals surface area contributed by atoms with Crippen LogP contribution in [0.25, 0.3) is 12.2 Å². The molecular formula is C16H16ClNO4S. The molecule has 122 valence electrons. The van der Waals surface area contributed by atoms with Gasteiger partial charge in [-0.15, -0.1) is 11.3 Å². The van der Waals surface area contributed by atoms with Crippen molar-refractivity contribution < 1.29 is 15.0 Å². The zero-order valence-electron chi connectivity index (χ0n) is 12.8. The first-order valence-corrected chi connectivity index (χ1v) is 7.96. The van der Waals surface area contributed by atoms with Gasteiger partial charge in [0.25, 0.3) is 5.56 Å². The van der Waals surface area contributed by atoms with Crippen molar-refractivity contribution >= 4 is 40.9 Å². The normalized spacial score (nSPS) is 13.6. The molecule has 0 saturated heterocycles. The van der Waals surface area contributed by atoms with Crippen LogP contribution >= 0.6 is 22.9 Å². The Labute approximate surface area is 141 Å². The molecule has 0 aliphatic heterocycles. The summed E-state index contributed by atoms with van der Waals surface area (Å²) in [6.45, 7) is 5.39. The van der Waals surface area contributed by atoms with Crippen molar-refractivity contribution in [1.82, 2.24) is 4.98 Å². The first-order valence-electron chi connectivity index (χ1n) is 6.76. The van der Waals surface area contributed by atoms with E-state index in [0.29, 0.717) is 14.8 Å². The van der Waals surface area contributed by atoms with Crippen LogP contribution in [-0.2, 0) is 4.79 Å². The van der Waals surface area contributed by atoms with E-state index in [0.717, 1.165) is 11.3 Å². The zero-order chi connectivity index (χ0) is 17.4. The number of carbonyl (C=O) groups is 1. The molecule has 0 atom stereocenters. The number of H-pyrrole nitrogens is 1. The quantitative estimate of drug-likeness (QED) is 0.717. The predicted octanol–water partition coefficient (Wildman–Crippen LogP) is 1.73. The third-order valence-electron chi connectivity index (χ3n) is 3.05. The number of Topliss-reactive ketones (excluding diaryl/α,β-unsaturated/α-hetero) is 1. The molecule has 0 fully saturated rings. The van der Waals surface area contributed by atoms with Gasteiger partial charge >= 0.3 is 0 Å². The Morgan fingerprint density at radius 2 is 1.96 bits per heavy atom. The minimum absolute atomic E-state index is 0.0149. The summed E-state index contributed by atoms with van der Waals surface area (Å²) in [5.74, 6) is -0.869. The van der Waals surface area contributed by atoms with Crippen molar-refractivity contribution in [1.29, 1.82) is 0 Å². The van der Waals surface area contributed by atoms with Gasteiger partial charge in [-0.2, -0.15) is 0 Å². The van der Waals surface area contributed by atoms with Gasteiger partial charge in [-0.3, -0.25) is 9.59 Å². The van der Waals surface area contributed by atoms with E-state index >= 15 is 0 Å². The first-order chi connectivity index (χ1) is 10.6. The number of ketones is 1. The molecule has 3 N–H and O–H groups in total. The lowest BCUT2D eigenvalue weighted by molar-refractivity contribution is -0.119. The maximum atomic E-state index is 12.0. The minimum atomic E-state index is -0.527. The highest BCUT2D eigenvalue weighted by Crippen LogP contribution is 2.34. The van der Waals surface area contributed by atoms with Crippen LogP contribution in [-0.4, -0.2) is 21.0 Å². The maximum Gasteiger partial charge on any atom is 0.266 e. The smallest absolute Gasteiger partial charge is 0.266 e. The Bertz CT molecular complexity index is 911. The lowest BCUT2D eigenvalue weighted by atomic mass is 9.91. The molecule has 5 nitrogen and oxygen atoms in total. The predicted molar refractivity (Wildman–Crippen MR) is 91.5 cm³/mol. The third-order valence-corrected chi connectivity index (χ3v) is 4.30. The van der Waals surface area contributed by atoms with Gasteiger partial charge in [-0.1, -0.05) is 32.4 Å². The minimum Gasteiger partial charge on any atom is -0.504 e. The molecule has 2 aromatic rings. The van der Waals surface area contributed by atoms with E-state index < -0.39 is 11.2 Å². The highest BCUT2D eigenvalue weighted by molar-refractivity contribution is 7.07. The summed E-state index contributed by atoms with van der Waals surface area (Å²) in [5.41, 5.74) is -0.404. The van der Waals surface area contributed by atoms with Crippen LogP contribution in [0.4, 0.5) is 0 Å². The van der Waals surface area contributed by atoms with Crippen LogP contribution in [0.15, 0.2) is 16.9 Å². The average Bonchev–Trinajstić information content (AvgIpc) is 2.75. The Balaban J connectivity index is 2.53. The number of phenols is 2. The van der Waals surface area contributed by atoms with Crippen LogP contribution < -0.4 is 14.8 Å². The van der Waals surface area contributed by atoms with Crippen molar-refractivity contribution in [3.8, 4) is 11.5 Å². The van der Waals surface area contributed by atoms with Crippen LogP contribution in [0.5, 0.6) is 11.5 Å². The van der Waals surface area contributed by atoms with E-state index in [1.54, 1.807) is 20.8 Å². The zero-order valence-corrected chi connectivity index (χ0v) is 14.4. The molecule has 23 heavy (non-hydrogen) atoms. The van der Waals surface area contributed by atoms with Crippen molar-refractivity contribution in [2.75, 3.05) is 0 Å². The average molecular weight is 354 g/mol. The Morgan fingerprint density at radius 1 is 1.30 bits per heavy atom. The van der Waals surface area contributed by atoms with Crippen LogP contribution in [0.2, 0.25) is 5.02 Å². The van der Waals surface area contributed by atoms with Crippen LogP contribution in [0.1, 0.15) is 26.3 Å². The van der Waals surface area contributed by atoms with E-state index in [2.05, 4.69) is 4.98 Å². The number of nitrogens with one attached hydrogen (secondary N) is 1. The molecule has 0 saturated carbocycles. The molecule has 0 bridgehead atoms. The van der Waals surface area contributed by atoms with Gasteiger partial charge in [-0.25, -0.2) is 0 Å². The van der Waals surface area contributed by atoms with E-state index in [9.17, 15) is 19.8 Å². The molecule has 0 amide bonds. The van der Waals surface area contributed by atoms with E-state index in [1.807, 2.05) is 0 Å². The number of aromatic nitrogens is 1. The highest BCUT2D eigenvalue weighted by atomic mass is 35.5. The summed E-state index contributed by atoms with van der Waals surface area (Å²) >= 11 is 6.91. The van der Waals surface area contributed by atoms with Crippen molar-refractivity contribution in [2.24, 2.45) is 5.41 Å². The number of aromatic hydroxyl groups is 2. The van der Waals surface area contributed by atoms with E-state index in [1.165, 1.54) is 24.3 Å². The van der Waals surface area contributed by atoms with Gasteiger partial charge in [0.05, 0.1) is 14.2 Å². The number of benzene rings is 1.